The van der Waals surface area contributed by atoms with E-state index in [1.807, 2.05) is 6.07 Å². The van der Waals surface area contributed by atoms with Crippen LogP contribution in [0.5, 0.6) is 5.75 Å². The number of aromatic nitrogens is 1. The van der Waals surface area contributed by atoms with Crippen molar-refractivity contribution in [1.29, 1.82) is 0 Å². The van der Waals surface area contributed by atoms with Gasteiger partial charge in [-0.15, -0.1) is 0 Å². The second kappa shape index (κ2) is 4.18. The second-order valence-electron chi connectivity index (χ2n) is 6.72. The fraction of sp³-hybridized carbons (Fsp3) is 0.667. The number of ether oxygens (including phenoxy) is 1. The molecule has 104 valence electrons. The van der Waals surface area contributed by atoms with Gasteiger partial charge in [-0.05, 0) is 26.8 Å². The molecule has 0 saturated carbocycles. The summed E-state index contributed by atoms with van der Waals surface area (Å²) in [4.78, 5) is 6.64. The summed E-state index contributed by atoms with van der Waals surface area (Å²) in [6.07, 6.45) is 5.56. The fourth-order valence-electron chi connectivity index (χ4n) is 3.27. The van der Waals surface area contributed by atoms with Crippen molar-refractivity contribution >= 4 is 0 Å². The molecule has 4 heteroatoms. The van der Waals surface area contributed by atoms with Crippen molar-refractivity contribution < 1.29 is 4.74 Å². The molecular weight excluding hydrogens is 238 g/mol. The molecule has 1 aromatic rings. The zero-order chi connectivity index (χ0) is 13.7. The topological polar surface area (TPSA) is 51.4 Å². The summed E-state index contributed by atoms with van der Waals surface area (Å²) in [5, 5.41) is 0. The Balaban J connectivity index is 1.79. The highest BCUT2D eigenvalue weighted by Crippen LogP contribution is 2.47. The number of nitrogens with two attached hydrogens (primary N) is 1. The molecule has 1 atom stereocenters. The maximum atomic E-state index is 6.44. The van der Waals surface area contributed by atoms with Crippen LogP contribution in [0.2, 0.25) is 0 Å². The summed E-state index contributed by atoms with van der Waals surface area (Å²) >= 11 is 0. The molecule has 1 fully saturated rings. The molecule has 0 amide bonds. The van der Waals surface area contributed by atoms with Gasteiger partial charge in [0.15, 0.2) is 0 Å². The second-order valence-corrected chi connectivity index (χ2v) is 6.72. The zero-order valence-corrected chi connectivity index (χ0v) is 12.0. The number of piperidine rings is 1. The third-order valence-electron chi connectivity index (χ3n) is 4.59. The van der Waals surface area contributed by atoms with Crippen LogP contribution in [-0.4, -0.2) is 34.1 Å². The predicted octanol–water partition coefficient (Wildman–Crippen LogP) is 2.11. The van der Waals surface area contributed by atoms with Crippen LogP contribution in [0.4, 0.5) is 0 Å². The molecule has 1 saturated heterocycles. The summed E-state index contributed by atoms with van der Waals surface area (Å²) in [5.74, 6) is 0.874. The molecule has 1 aromatic heterocycles. The van der Waals surface area contributed by atoms with Gasteiger partial charge in [-0.25, -0.2) is 0 Å². The van der Waals surface area contributed by atoms with Crippen molar-refractivity contribution in [3.8, 4) is 5.75 Å². The van der Waals surface area contributed by atoms with Crippen LogP contribution in [0.3, 0.4) is 0 Å². The van der Waals surface area contributed by atoms with Crippen molar-refractivity contribution in [2.24, 2.45) is 5.73 Å². The first-order valence-corrected chi connectivity index (χ1v) is 7.06. The fourth-order valence-corrected chi connectivity index (χ4v) is 3.27. The van der Waals surface area contributed by atoms with Gasteiger partial charge in [0.2, 0.25) is 0 Å². The van der Waals surface area contributed by atoms with E-state index in [1.54, 1.807) is 12.4 Å². The molecule has 2 N–H and O–H groups in total. The summed E-state index contributed by atoms with van der Waals surface area (Å²) in [5.41, 5.74) is 7.56. The van der Waals surface area contributed by atoms with Gasteiger partial charge < -0.3 is 10.5 Å². The average Bonchev–Trinajstić information content (AvgIpc) is 2.63. The number of rotatable bonds is 0. The maximum absolute atomic E-state index is 6.44. The quantitative estimate of drug-likeness (QED) is 0.777. The van der Waals surface area contributed by atoms with Gasteiger partial charge in [0.25, 0.3) is 0 Å². The van der Waals surface area contributed by atoms with Gasteiger partial charge in [-0.3, -0.25) is 9.88 Å². The first-order valence-electron chi connectivity index (χ1n) is 7.06. The van der Waals surface area contributed by atoms with E-state index in [0.29, 0.717) is 0 Å². The van der Waals surface area contributed by atoms with E-state index in [4.69, 9.17) is 10.5 Å². The number of fused-ring (bicyclic) bond motifs is 1. The molecule has 2 aliphatic heterocycles. The van der Waals surface area contributed by atoms with Crippen LogP contribution in [0.25, 0.3) is 0 Å². The van der Waals surface area contributed by atoms with Gasteiger partial charge in [0, 0.05) is 43.2 Å². The number of pyridine rings is 1. The molecule has 3 rings (SSSR count). The highest BCUT2D eigenvalue weighted by Gasteiger charge is 2.49. The number of likely N-dealkylation sites (tertiary alicyclic amines) is 1. The molecule has 2 aliphatic rings. The van der Waals surface area contributed by atoms with Crippen LogP contribution in [0.15, 0.2) is 18.5 Å². The van der Waals surface area contributed by atoms with E-state index in [1.165, 1.54) is 0 Å². The largest absolute Gasteiger partial charge is 0.483 e. The van der Waals surface area contributed by atoms with Gasteiger partial charge in [0.1, 0.15) is 11.4 Å². The predicted molar refractivity (Wildman–Crippen MR) is 75.1 cm³/mol. The molecule has 0 aromatic carbocycles. The zero-order valence-electron chi connectivity index (χ0n) is 12.0. The lowest BCUT2D eigenvalue weighted by Crippen LogP contribution is -2.55. The maximum Gasteiger partial charge on any atom is 0.143 e. The van der Waals surface area contributed by atoms with Gasteiger partial charge in [-0.2, -0.15) is 0 Å². The van der Waals surface area contributed by atoms with Crippen LogP contribution in [0.1, 0.15) is 45.2 Å². The van der Waals surface area contributed by atoms with E-state index in [2.05, 4.69) is 30.7 Å². The van der Waals surface area contributed by atoms with Crippen LogP contribution < -0.4 is 10.5 Å². The standard InChI is InChI=1S/C15H23N3O/c1-14(2,3)18-8-5-15(6-9-18)13(16)11-4-7-17-10-12(11)19-15/h4,7,10,13H,5-6,8-9,16H2,1-3H3/t13-/m1/s1. The Morgan fingerprint density at radius 2 is 2.05 bits per heavy atom. The van der Waals surface area contributed by atoms with Crippen molar-refractivity contribution in [1.82, 2.24) is 9.88 Å². The lowest BCUT2D eigenvalue weighted by molar-refractivity contribution is -0.0238. The summed E-state index contributed by atoms with van der Waals surface area (Å²) in [7, 11) is 0. The molecule has 0 bridgehead atoms. The van der Waals surface area contributed by atoms with E-state index in [0.717, 1.165) is 37.2 Å². The first-order chi connectivity index (χ1) is 8.92. The number of nitrogens with zero attached hydrogens (tertiary/aromatic N) is 2. The summed E-state index contributed by atoms with van der Waals surface area (Å²) in [6.45, 7) is 8.87. The van der Waals surface area contributed by atoms with E-state index >= 15 is 0 Å². The minimum atomic E-state index is -0.215. The third-order valence-corrected chi connectivity index (χ3v) is 4.59. The Kier molecular flexibility index (Phi) is 2.84. The number of hydrogen-bond donors (Lipinski definition) is 1. The van der Waals surface area contributed by atoms with Gasteiger partial charge >= 0.3 is 0 Å². The number of hydrogen-bond acceptors (Lipinski definition) is 4. The molecule has 1 spiro atoms. The van der Waals surface area contributed by atoms with Crippen molar-refractivity contribution in [2.75, 3.05) is 13.1 Å². The summed E-state index contributed by atoms with van der Waals surface area (Å²) in [6, 6.07) is 1.97. The minimum absolute atomic E-state index is 0.0207. The Hall–Kier alpha value is -1.13. The van der Waals surface area contributed by atoms with E-state index in [-0.39, 0.29) is 17.2 Å². The van der Waals surface area contributed by atoms with Gasteiger partial charge in [0.05, 0.1) is 12.2 Å². The van der Waals surface area contributed by atoms with Crippen LogP contribution in [0, 0.1) is 0 Å². The molecular formula is C15H23N3O. The molecule has 4 nitrogen and oxygen atoms in total. The highest BCUT2D eigenvalue weighted by molar-refractivity contribution is 5.40. The molecule has 0 radical (unpaired) electrons. The SMILES string of the molecule is CC(C)(C)N1CCC2(CC1)Oc1cnccc1[C@H]2N. The molecule has 0 unspecified atom stereocenters. The van der Waals surface area contributed by atoms with Crippen LogP contribution >= 0.6 is 0 Å². The Labute approximate surface area is 115 Å². The first kappa shape index (κ1) is 12.9. The van der Waals surface area contributed by atoms with Crippen molar-refractivity contribution in [3.05, 3.63) is 24.0 Å². The Morgan fingerprint density at radius 1 is 1.37 bits per heavy atom. The monoisotopic (exact) mass is 261 g/mol. The smallest absolute Gasteiger partial charge is 0.143 e. The van der Waals surface area contributed by atoms with E-state index < -0.39 is 0 Å². The lowest BCUT2D eigenvalue weighted by Gasteiger charge is -2.45. The highest BCUT2D eigenvalue weighted by atomic mass is 16.5. The molecule has 3 heterocycles. The normalized spacial score (nSPS) is 26.2. The minimum Gasteiger partial charge on any atom is -0.483 e. The van der Waals surface area contributed by atoms with Crippen LogP contribution in [-0.2, 0) is 0 Å². The summed E-state index contributed by atoms with van der Waals surface area (Å²) < 4.78 is 6.19. The van der Waals surface area contributed by atoms with E-state index in [9.17, 15) is 0 Å². The van der Waals surface area contributed by atoms with Crippen molar-refractivity contribution in [3.63, 3.8) is 0 Å². The molecule has 19 heavy (non-hydrogen) atoms. The molecule has 0 aliphatic carbocycles. The lowest BCUT2D eigenvalue weighted by atomic mass is 9.82. The van der Waals surface area contributed by atoms with Gasteiger partial charge in [-0.1, -0.05) is 0 Å². The van der Waals surface area contributed by atoms with Crippen molar-refractivity contribution in [2.45, 2.75) is 50.8 Å². The average molecular weight is 261 g/mol. The Morgan fingerprint density at radius 3 is 2.63 bits per heavy atom. The third kappa shape index (κ3) is 2.03. The Bertz CT molecular complexity index is 473.